The van der Waals surface area contributed by atoms with E-state index in [1.165, 1.54) is 0 Å². The van der Waals surface area contributed by atoms with Gasteiger partial charge in [0.15, 0.2) is 9.84 Å². The quantitative estimate of drug-likeness (QED) is 0.912. The van der Waals surface area contributed by atoms with Crippen LogP contribution in [0.5, 0.6) is 0 Å². The van der Waals surface area contributed by atoms with E-state index in [1.54, 1.807) is 6.07 Å². The Labute approximate surface area is 110 Å². The van der Waals surface area contributed by atoms with Crippen LogP contribution in [0, 0.1) is 19.8 Å². The van der Waals surface area contributed by atoms with Gasteiger partial charge in [0, 0.05) is 0 Å². The summed E-state index contributed by atoms with van der Waals surface area (Å²) in [6.45, 7) is 5.68. The van der Waals surface area contributed by atoms with Gasteiger partial charge in [0.2, 0.25) is 0 Å². The molecule has 1 fully saturated rings. The standard InChI is InChI=1S/C14H21NO2S/c1-11-3-4-12(2)14(9-11)18(16,17)10-13-5-7-15-8-6-13/h3-4,9,13,15H,5-8,10H2,1-2H3. The van der Waals surface area contributed by atoms with Gasteiger partial charge >= 0.3 is 0 Å². The van der Waals surface area contributed by atoms with Crippen LogP contribution < -0.4 is 5.32 Å². The number of aryl methyl sites for hydroxylation is 2. The molecule has 4 heteroatoms. The maximum absolute atomic E-state index is 12.5. The zero-order valence-corrected chi connectivity index (χ0v) is 11.9. The van der Waals surface area contributed by atoms with Crippen molar-refractivity contribution in [1.29, 1.82) is 0 Å². The first-order valence-corrected chi connectivity index (χ1v) is 8.15. The van der Waals surface area contributed by atoms with Crippen LogP contribution in [0.15, 0.2) is 23.1 Å². The second kappa shape index (κ2) is 5.41. The summed E-state index contributed by atoms with van der Waals surface area (Å²) < 4.78 is 24.9. The summed E-state index contributed by atoms with van der Waals surface area (Å²) in [6.07, 6.45) is 1.92. The molecule has 0 radical (unpaired) electrons. The third-order valence-corrected chi connectivity index (χ3v) is 5.61. The SMILES string of the molecule is Cc1ccc(C)c(S(=O)(=O)CC2CCNCC2)c1. The number of piperidine rings is 1. The van der Waals surface area contributed by atoms with Gasteiger partial charge in [-0.25, -0.2) is 8.42 Å². The molecule has 0 aliphatic carbocycles. The van der Waals surface area contributed by atoms with Crippen molar-refractivity contribution in [3.63, 3.8) is 0 Å². The highest BCUT2D eigenvalue weighted by Gasteiger charge is 2.24. The second-order valence-electron chi connectivity index (χ2n) is 5.24. The fourth-order valence-corrected chi connectivity index (χ4v) is 4.55. The lowest BCUT2D eigenvalue weighted by Gasteiger charge is -2.22. The van der Waals surface area contributed by atoms with E-state index in [-0.39, 0.29) is 0 Å². The lowest BCUT2D eigenvalue weighted by atomic mass is 10.0. The predicted molar refractivity (Wildman–Crippen MR) is 73.6 cm³/mol. The predicted octanol–water partition coefficient (Wildman–Crippen LogP) is 2.08. The van der Waals surface area contributed by atoms with Gasteiger partial charge < -0.3 is 5.32 Å². The third-order valence-electron chi connectivity index (χ3n) is 3.59. The zero-order valence-electron chi connectivity index (χ0n) is 11.1. The highest BCUT2D eigenvalue weighted by Crippen LogP contribution is 2.23. The largest absolute Gasteiger partial charge is 0.317 e. The van der Waals surface area contributed by atoms with Crippen molar-refractivity contribution < 1.29 is 8.42 Å². The van der Waals surface area contributed by atoms with Gasteiger partial charge in [-0.3, -0.25) is 0 Å². The number of benzene rings is 1. The summed E-state index contributed by atoms with van der Waals surface area (Å²) in [4.78, 5) is 0.515. The van der Waals surface area contributed by atoms with E-state index in [4.69, 9.17) is 0 Å². The lowest BCUT2D eigenvalue weighted by Crippen LogP contribution is -2.31. The molecule has 100 valence electrons. The molecular formula is C14H21NO2S. The Morgan fingerprint density at radius 1 is 1.22 bits per heavy atom. The summed E-state index contributed by atoms with van der Waals surface area (Å²) in [6, 6.07) is 5.65. The summed E-state index contributed by atoms with van der Waals surface area (Å²) in [7, 11) is -3.14. The Hall–Kier alpha value is -0.870. The van der Waals surface area contributed by atoms with Gasteiger partial charge in [0.1, 0.15) is 0 Å². The molecule has 2 rings (SSSR count). The molecule has 1 aliphatic rings. The van der Waals surface area contributed by atoms with Crippen LogP contribution in [0.25, 0.3) is 0 Å². The Bertz CT molecular complexity index is 517. The van der Waals surface area contributed by atoms with E-state index >= 15 is 0 Å². The molecule has 1 N–H and O–H groups in total. The number of nitrogens with one attached hydrogen (secondary N) is 1. The van der Waals surface area contributed by atoms with Gasteiger partial charge in [-0.05, 0) is 62.9 Å². The number of hydrogen-bond donors (Lipinski definition) is 1. The average molecular weight is 267 g/mol. The third kappa shape index (κ3) is 3.12. The molecule has 0 unspecified atom stereocenters. The fraction of sp³-hybridized carbons (Fsp3) is 0.571. The molecule has 0 spiro atoms. The van der Waals surface area contributed by atoms with Crippen molar-refractivity contribution in [2.24, 2.45) is 5.92 Å². The summed E-state index contributed by atoms with van der Waals surface area (Å²) in [5, 5.41) is 3.27. The normalized spacial score (nSPS) is 17.9. The minimum atomic E-state index is -3.14. The summed E-state index contributed by atoms with van der Waals surface area (Å²) in [5.74, 6) is 0.593. The number of sulfone groups is 1. The van der Waals surface area contributed by atoms with E-state index in [9.17, 15) is 8.42 Å². The van der Waals surface area contributed by atoms with Crippen molar-refractivity contribution in [1.82, 2.24) is 5.32 Å². The van der Waals surface area contributed by atoms with E-state index in [2.05, 4.69) is 5.32 Å². The first-order valence-electron chi connectivity index (χ1n) is 6.50. The summed E-state index contributed by atoms with van der Waals surface area (Å²) >= 11 is 0. The molecule has 0 aromatic heterocycles. The van der Waals surface area contributed by atoms with Crippen molar-refractivity contribution in [2.75, 3.05) is 18.8 Å². The van der Waals surface area contributed by atoms with Crippen LogP contribution in [0.4, 0.5) is 0 Å². The highest BCUT2D eigenvalue weighted by atomic mass is 32.2. The van der Waals surface area contributed by atoms with Crippen LogP contribution >= 0.6 is 0 Å². The number of rotatable bonds is 3. The molecule has 1 aromatic rings. The van der Waals surface area contributed by atoms with Gasteiger partial charge in [-0.1, -0.05) is 12.1 Å². The minimum absolute atomic E-state index is 0.291. The smallest absolute Gasteiger partial charge is 0.178 e. The Morgan fingerprint density at radius 3 is 2.56 bits per heavy atom. The monoisotopic (exact) mass is 267 g/mol. The number of hydrogen-bond acceptors (Lipinski definition) is 3. The van der Waals surface area contributed by atoms with E-state index in [1.807, 2.05) is 26.0 Å². The van der Waals surface area contributed by atoms with Crippen molar-refractivity contribution in [3.05, 3.63) is 29.3 Å². The molecule has 0 bridgehead atoms. The van der Waals surface area contributed by atoms with Gasteiger partial charge in [-0.15, -0.1) is 0 Å². The molecular weight excluding hydrogens is 246 g/mol. The summed E-state index contributed by atoms with van der Waals surface area (Å²) in [5.41, 5.74) is 1.86. The molecule has 0 saturated carbocycles. The molecule has 1 saturated heterocycles. The van der Waals surface area contributed by atoms with Crippen molar-refractivity contribution >= 4 is 9.84 Å². The molecule has 0 atom stereocenters. The molecule has 1 aromatic carbocycles. The molecule has 0 amide bonds. The van der Waals surface area contributed by atoms with Crippen LogP contribution in [0.3, 0.4) is 0 Å². The van der Waals surface area contributed by atoms with E-state index in [0.717, 1.165) is 37.1 Å². The van der Waals surface area contributed by atoms with Crippen molar-refractivity contribution in [2.45, 2.75) is 31.6 Å². The first-order chi connectivity index (χ1) is 8.49. The van der Waals surface area contributed by atoms with Gasteiger partial charge in [0.25, 0.3) is 0 Å². The molecule has 1 aliphatic heterocycles. The first kappa shape index (κ1) is 13.6. The molecule has 1 heterocycles. The topological polar surface area (TPSA) is 46.2 Å². The second-order valence-corrected chi connectivity index (χ2v) is 7.25. The fourth-order valence-electron chi connectivity index (χ4n) is 2.49. The maximum Gasteiger partial charge on any atom is 0.178 e. The Kier molecular flexibility index (Phi) is 4.07. The van der Waals surface area contributed by atoms with Crippen LogP contribution in [0.2, 0.25) is 0 Å². The minimum Gasteiger partial charge on any atom is -0.317 e. The highest BCUT2D eigenvalue weighted by molar-refractivity contribution is 7.91. The lowest BCUT2D eigenvalue weighted by molar-refractivity contribution is 0.401. The van der Waals surface area contributed by atoms with Crippen LogP contribution in [-0.4, -0.2) is 27.3 Å². The Balaban J connectivity index is 2.21. The van der Waals surface area contributed by atoms with Crippen molar-refractivity contribution in [3.8, 4) is 0 Å². The zero-order chi connectivity index (χ0) is 13.2. The van der Waals surface area contributed by atoms with Gasteiger partial charge in [0.05, 0.1) is 10.6 Å². The Morgan fingerprint density at radius 2 is 1.89 bits per heavy atom. The average Bonchev–Trinajstić information content (AvgIpc) is 2.33. The molecule has 18 heavy (non-hydrogen) atoms. The van der Waals surface area contributed by atoms with E-state index in [0.29, 0.717) is 16.6 Å². The van der Waals surface area contributed by atoms with E-state index < -0.39 is 9.84 Å². The van der Waals surface area contributed by atoms with Crippen LogP contribution in [0.1, 0.15) is 24.0 Å². The maximum atomic E-state index is 12.5. The molecule has 3 nitrogen and oxygen atoms in total. The van der Waals surface area contributed by atoms with Crippen LogP contribution in [-0.2, 0) is 9.84 Å². The van der Waals surface area contributed by atoms with Gasteiger partial charge in [-0.2, -0.15) is 0 Å².